The van der Waals surface area contributed by atoms with Gasteiger partial charge in [-0.25, -0.2) is 0 Å². The van der Waals surface area contributed by atoms with Crippen molar-refractivity contribution in [2.75, 3.05) is 13.2 Å². The minimum Gasteiger partial charge on any atom is -0.462 e. The van der Waals surface area contributed by atoms with Gasteiger partial charge in [0.25, 0.3) is 0 Å². The zero-order valence-corrected chi connectivity index (χ0v) is 47.6. The van der Waals surface area contributed by atoms with Crippen molar-refractivity contribution >= 4 is 17.9 Å². The Bertz CT molecular complexity index is 1490. The van der Waals surface area contributed by atoms with Crippen LogP contribution < -0.4 is 0 Å². The molecule has 0 saturated carbocycles. The van der Waals surface area contributed by atoms with E-state index in [1.54, 1.807) is 0 Å². The molecule has 0 aromatic heterocycles. The highest BCUT2D eigenvalue weighted by Gasteiger charge is 2.19. The maximum atomic E-state index is 12.9. The van der Waals surface area contributed by atoms with Crippen LogP contribution in [-0.4, -0.2) is 37.2 Å². The van der Waals surface area contributed by atoms with Gasteiger partial charge in [-0.3, -0.25) is 14.4 Å². The molecule has 6 heteroatoms. The minimum atomic E-state index is -0.801. The van der Waals surface area contributed by atoms with Crippen LogP contribution in [0.1, 0.15) is 278 Å². The number of carbonyl (C=O) groups excluding carboxylic acids is 3. The molecule has 0 amide bonds. The number of allylic oxidation sites excluding steroid dienone is 18. The molecule has 73 heavy (non-hydrogen) atoms. The van der Waals surface area contributed by atoms with Crippen molar-refractivity contribution in [2.24, 2.45) is 0 Å². The quantitative estimate of drug-likeness (QED) is 0.0261. The SMILES string of the molecule is CC/C=C/C/C=C/C/C=C/C/C=C/C/C=C/CCCCCC(=O)OC[C@@H](COC(=O)CCCCCCCCC/C=C/C/C=C/CCCCC)OC(=O)CCCCCCCCCCC/C=C/C/C=C/CCCCC. The molecule has 0 aromatic rings. The van der Waals surface area contributed by atoms with E-state index < -0.39 is 6.10 Å². The molecule has 1 atom stereocenters. The predicted octanol–water partition coefficient (Wildman–Crippen LogP) is 20.7. The van der Waals surface area contributed by atoms with Crippen LogP contribution in [0.5, 0.6) is 0 Å². The summed E-state index contributed by atoms with van der Waals surface area (Å²) in [5.74, 6) is -0.936. The van der Waals surface area contributed by atoms with Gasteiger partial charge in [-0.1, -0.05) is 239 Å². The van der Waals surface area contributed by atoms with Gasteiger partial charge >= 0.3 is 17.9 Å². The number of hydrogen-bond donors (Lipinski definition) is 0. The van der Waals surface area contributed by atoms with Crippen LogP contribution in [0.4, 0.5) is 0 Å². The molecule has 6 nitrogen and oxygen atoms in total. The molecule has 0 radical (unpaired) electrons. The van der Waals surface area contributed by atoms with Gasteiger partial charge in [0.05, 0.1) is 0 Å². The first-order valence-electron chi connectivity index (χ1n) is 30.4. The number of ether oxygens (including phenoxy) is 3. The molecule has 0 fully saturated rings. The van der Waals surface area contributed by atoms with Crippen molar-refractivity contribution in [1.29, 1.82) is 0 Å². The fourth-order valence-corrected chi connectivity index (χ4v) is 8.18. The van der Waals surface area contributed by atoms with Crippen molar-refractivity contribution in [3.63, 3.8) is 0 Å². The van der Waals surface area contributed by atoms with Crippen LogP contribution in [0.15, 0.2) is 109 Å². The highest BCUT2D eigenvalue weighted by molar-refractivity contribution is 5.71. The molecule has 0 saturated heterocycles. The van der Waals surface area contributed by atoms with Crippen molar-refractivity contribution in [2.45, 2.75) is 284 Å². The van der Waals surface area contributed by atoms with E-state index >= 15 is 0 Å². The molecular formula is C67H112O6. The van der Waals surface area contributed by atoms with Gasteiger partial charge in [-0.2, -0.15) is 0 Å². The highest BCUT2D eigenvalue weighted by atomic mass is 16.6. The molecule has 0 aliphatic rings. The van der Waals surface area contributed by atoms with Gasteiger partial charge in [-0.15, -0.1) is 0 Å². The van der Waals surface area contributed by atoms with E-state index in [9.17, 15) is 14.4 Å². The Morgan fingerprint density at radius 2 is 0.534 bits per heavy atom. The molecule has 0 heterocycles. The average Bonchev–Trinajstić information content (AvgIpc) is 3.39. The second-order valence-electron chi connectivity index (χ2n) is 19.9. The number of carbonyl (C=O) groups is 3. The van der Waals surface area contributed by atoms with Crippen LogP contribution in [0.3, 0.4) is 0 Å². The smallest absolute Gasteiger partial charge is 0.306 e. The van der Waals surface area contributed by atoms with Gasteiger partial charge in [-0.05, 0) is 128 Å². The summed E-state index contributed by atoms with van der Waals surface area (Å²) in [4.78, 5) is 38.3. The lowest BCUT2D eigenvalue weighted by Crippen LogP contribution is -2.30. The third-order valence-electron chi connectivity index (χ3n) is 12.7. The van der Waals surface area contributed by atoms with Gasteiger partial charge in [0.2, 0.25) is 0 Å². The summed E-state index contributed by atoms with van der Waals surface area (Å²) in [5, 5.41) is 0. The second-order valence-corrected chi connectivity index (χ2v) is 19.9. The van der Waals surface area contributed by atoms with Crippen molar-refractivity contribution in [3.05, 3.63) is 109 Å². The first-order valence-corrected chi connectivity index (χ1v) is 30.4. The van der Waals surface area contributed by atoms with E-state index in [4.69, 9.17) is 14.2 Å². The van der Waals surface area contributed by atoms with Crippen molar-refractivity contribution in [1.82, 2.24) is 0 Å². The molecule has 0 bridgehead atoms. The number of hydrogen-bond acceptors (Lipinski definition) is 6. The van der Waals surface area contributed by atoms with Gasteiger partial charge in [0.1, 0.15) is 13.2 Å². The fourth-order valence-electron chi connectivity index (χ4n) is 8.18. The largest absolute Gasteiger partial charge is 0.462 e. The lowest BCUT2D eigenvalue weighted by molar-refractivity contribution is -0.167. The zero-order chi connectivity index (χ0) is 52.9. The maximum Gasteiger partial charge on any atom is 0.306 e. The van der Waals surface area contributed by atoms with Crippen LogP contribution in [-0.2, 0) is 28.6 Å². The molecule has 0 spiro atoms. The monoisotopic (exact) mass is 1010 g/mol. The normalized spacial score (nSPS) is 12.9. The van der Waals surface area contributed by atoms with E-state index in [2.05, 4.69) is 130 Å². The molecule has 0 rings (SSSR count). The zero-order valence-electron chi connectivity index (χ0n) is 47.6. The summed E-state index contributed by atoms with van der Waals surface area (Å²) in [6.45, 7) is 6.45. The Labute approximate surface area is 450 Å². The summed E-state index contributed by atoms with van der Waals surface area (Å²) in [5.41, 5.74) is 0. The number of esters is 3. The van der Waals surface area contributed by atoms with Crippen LogP contribution in [0.2, 0.25) is 0 Å². The predicted molar refractivity (Wildman–Crippen MR) is 316 cm³/mol. The van der Waals surface area contributed by atoms with Gasteiger partial charge in [0.15, 0.2) is 6.10 Å². The summed E-state index contributed by atoms with van der Waals surface area (Å²) in [6, 6.07) is 0. The third-order valence-corrected chi connectivity index (χ3v) is 12.7. The molecule has 416 valence electrons. The molecule has 0 aliphatic carbocycles. The summed E-state index contributed by atoms with van der Waals surface area (Å²) < 4.78 is 16.9. The molecule has 0 N–H and O–H groups in total. The lowest BCUT2D eigenvalue weighted by Gasteiger charge is -2.18. The third kappa shape index (κ3) is 58.8. The van der Waals surface area contributed by atoms with E-state index in [0.717, 1.165) is 116 Å². The van der Waals surface area contributed by atoms with Gasteiger partial charge in [0, 0.05) is 19.3 Å². The van der Waals surface area contributed by atoms with Crippen LogP contribution in [0.25, 0.3) is 0 Å². The standard InChI is InChI=1S/C67H112O6/c1-4-7-10-13-16-19-22-25-28-31-33-36-39-42-45-48-51-54-57-60-66(69)72-63-64(62-71-65(68)59-56-53-50-47-44-41-38-35-30-27-24-21-18-15-12-9-6-3)73-67(70)61-58-55-52-49-46-43-40-37-34-32-29-26-23-20-17-14-11-8-5-2/h7,10,16-21,25-30,33,36,42,45,64H,4-6,8-9,11-15,22-24,31-32,34-35,37-41,43-44,46-63H2,1-3H3/b10-7+,19-16+,20-17+,21-18+,28-25+,29-26+,30-27+,36-33+,45-42+/t64-/m1/s1. The van der Waals surface area contributed by atoms with E-state index in [0.29, 0.717) is 19.3 Å². The molecular weight excluding hydrogens is 901 g/mol. The van der Waals surface area contributed by atoms with E-state index in [-0.39, 0.29) is 31.1 Å². The van der Waals surface area contributed by atoms with Crippen LogP contribution in [0, 0.1) is 0 Å². The van der Waals surface area contributed by atoms with Crippen molar-refractivity contribution in [3.8, 4) is 0 Å². The number of unbranched alkanes of at least 4 members (excludes halogenated alkanes) is 25. The van der Waals surface area contributed by atoms with Crippen molar-refractivity contribution < 1.29 is 28.6 Å². The summed E-state index contributed by atoms with van der Waals surface area (Å²) in [6.07, 6.45) is 82.2. The molecule has 0 unspecified atom stereocenters. The summed E-state index contributed by atoms with van der Waals surface area (Å²) in [7, 11) is 0. The Morgan fingerprint density at radius 3 is 0.849 bits per heavy atom. The number of rotatable bonds is 54. The maximum absolute atomic E-state index is 12.9. The Balaban J connectivity index is 4.47. The Hall–Kier alpha value is -3.93. The lowest BCUT2D eigenvalue weighted by atomic mass is 10.1. The van der Waals surface area contributed by atoms with Gasteiger partial charge < -0.3 is 14.2 Å². The first kappa shape index (κ1) is 69.1. The van der Waals surface area contributed by atoms with E-state index in [1.165, 1.54) is 122 Å². The first-order chi connectivity index (χ1) is 36.0. The minimum absolute atomic E-state index is 0.0956. The summed E-state index contributed by atoms with van der Waals surface area (Å²) >= 11 is 0. The highest BCUT2D eigenvalue weighted by Crippen LogP contribution is 2.15. The molecule has 0 aromatic carbocycles. The Kier molecular flexibility index (Phi) is 57.4. The Morgan fingerprint density at radius 1 is 0.288 bits per heavy atom. The van der Waals surface area contributed by atoms with E-state index in [1.807, 2.05) is 0 Å². The average molecular weight is 1010 g/mol. The fraction of sp³-hybridized carbons (Fsp3) is 0.687. The topological polar surface area (TPSA) is 78.9 Å². The second kappa shape index (κ2) is 60.6. The molecule has 0 aliphatic heterocycles. The van der Waals surface area contributed by atoms with Crippen LogP contribution >= 0.6 is 0 Å².